The Labute approximate surface area is 176 Å². The number of ketones is 2. The van der Waals surface area contributed by atoms with Crippen LogP contribution in [0.5, 0.6) is 5.75 Å². The fourth-order valence-corrected chi connectivity index (χ4v) is 4.79. The number of fused-ring (bicyclic) bond motifs is 2. The molecule has 1 saturated heterocycles. The predicted molar refractivity (Wildman–Crippen MR) is 112 cm³/mol. The molecule has 1 fully saturated rings. The van der Waals surface area contributed by atoms with E-state index in [1.165, 1.54) is 0 Å². The van der Waals surface area contributed by atoms with Gasteiger partial charge in [0.1, 0.15) is 5.75 Å². The molecular weight excluding hydrogens is 382 g/mol. The van der Waals surface area contributed by atoms with E-state index in [-0.39, 0.29) is 34.5 Å². The smallest absolute Gasteiger partial charge is 0.198 e. The summed E-state index contributed by atoms with van der Waals surface area (Å²) in [5.41, 5.74) is 3.10. The van der Waals surface area contributed by atoms with Gasteiger partial charge in [-0.25, -0.2) is 0 Å². The fraction of sp³-hybridized carbons (Fsp3) is 0.417. The molecule has 6 heteroatoms. The molecule has 6 nitrogen and oxygen atoms in total. The predicted octanol–water partition coefficient (Wildman–Crippen LogP) is 2.93. The van der Waals surface area contributed by atoms with Gasteiger partial charge in [0.05, 0.1) is 23.9 Å². The van der Waals surface area contributed by atoms with E-state index < -0.39 is 18.3 Å². The number of carbonyl (C=O) groups is 2. The molecule has 2 aromatic carbocycles. The number of phenolic OH excluding ortho intramolecular Hbond substituents is 1. The van der Waals surface area contributed by atoms with Crippen molar-refractivity contribution in [2.24, 2.45) is 0 Å². The second-order valence-corrected chi connectivity index (χ2v) is 8.68. The number of aryl methyl sites for hydroxylation is 2. The van der Waals surface area contributed by atoms with Crippen LogP contribution in [0.4, 0.5) is 0 Å². The largest absolute Gasteiger partial charge is 0.507 e. The van der Waals surface area contributed by atoms with Crippen molar-refractivity contribution in [3.8, 4) is 5.75 Å². The normalized spacial score (nSPS) is 26.0. The first-order valence-corrected chi connectivity index (χ1v) is 10.2. The zero-order valence-electron chi connectivity index (χ0n) is 17.9. The maximum atomic E-state index is 13.3. The number of hydrogen-bond acceptors (Lipinski definition) is 6. The van der Waals surface area contributed by atoms with Crippen LogP contribution >= 0.6 is 0 Å². The van der Waals surface area contributed by atoms with Gasteiger partial charge in [-0.05, 0) is 59.0 Å². The summed E-state index contributed by atoms with van der Waals surface area (Å²) in [6.45, 7) is 5.49. The lowest BCUT2D eigenvalue weighted by atomic mass is 9.79. The van der Waals surface area contributed by atoms with Crippen LogP contribution in [-0.2, 0) is 4.74 Å². The molecule has 2 aromatic rings. The number of aromatic hydroxyl groups is 1. The third-order valence-electron chi connectivity index (χ3n) is 6.35. The molecule has 158 valence electrons. The van der Waals surface area contributed by atoms with Crippen molar-refractivity contribution in [2.75, 3.05) is 14.1 Å². The molecule has 0 spiro atoms. The van der Waals surface area contributed by atoms with Crippen LogP contribution in [0, 0.1) is 13.8 Å². The molecule has 1 aliphatic heterocycles. The molecule has 0 radical (unpaired) electrons. The zero-order chi connectivity index (χ0) is 21.9. The summed E-state index contributed by atoms with van der Waals surface area (Å²) in [5.74, 6) is -0.806. The molecule has 0 bridgehead atoms. The van der Waals surface area contributed by atoms with E-state index in [4.69, 9.17) is 4.74 Å². The minimum atomic E-state index is -0.656. The Balaban J connectivity index is 1.81. The molecule has 4 atom stereocenters. The number of hydrogen-bond donors (Lipinski definition) is 2. The Morgan fingerprint density at radius 2 is 1.70 bits per heavy atom. The van der Waals surface area contributed by atoms with Gasteiger partial charge < -0.3 is 19.8 Å². The Morgan fingerprint density at radius 1 is 1.03 bits per heavy atom. The minimum absolute atomic E-state index is 0.0405. The van der Waals surface area contributed by atoms with Gasteiger partial charge in [0.15, 0.2) is 11.6 Å². The Morgan fingerprint density at radius 3 is 2.37 bits per heavy atom. The number of rotatable bonds is 2. The first-order chi connectivity index (χ1) is 14.1. The fourth-order valence-electron chi connectivity index (χ4n) is 4.79. The van der Waals surface area contributed by atoms with E-state index >= 15 is 0 Å². The second-order valence-electron chi connectivity index (χ2n) is 8.68. The Hall–Kier alpha value is -2.54. The van der Waals surface area contributed by atoms with Crippen LogP contribution < -0.4 is 0 Å². The molecule has 30 heavy (non-hydrogen) atoms. The lowest BCUT2D eigenvalue weighted by Gasteiger charge is -2.41. The second kappa shape index (κ2) is 7.30. The number of carbonyl (C=O) groups excluding carboxylic acids is 2. The highest BCUT2D eigenvalue weighted by Crippen LogP contribution is 2.42. The quantitative estimate of drug-likeness (QED) is 0.677. The molecule has 1 aliphatic carbocycles. The van der Waals surface area contributed by atoms with E-state index in [1.54, 1.807) is 25.1 Å². The SMILES string of the molecule is Cc1cc(C)c2c(c1)C(=O)c1c(ccc([C@H]3C[C@@H](N(C)C)[C@H](O)[C@@H](C)O3)c1O)C2=O. The molecular formula is C24H27NO5. The van der Waals surface area contributed by atoms with Crippen LogP contribution in [0.15, 0.2) is 24.3 Å². The highest BCUT2D eigenvalue weighted by Gasteiger charge is 2.40. The summed E-state index contributed by atoms with van der Waals surface area (Å²) in [6.07, 6.45) is -1.13. The monoisotopic (exact) mass is 409 g/mol. The van der Waals surface area contributed by atoms with Gasteiger partial charge in [-0.2, -0.15) is 0 Å². The maximum absolute atomic E-state index is 13.3. The van der Waals surface area contributed by atoms with Gasteiger partial charge >= 0.3 is 0 Å². The number of phenols is 1. The number of benzene rings is 2. The zero-order valence-corrected chi connectivity index (χ0v) is 17.9. The lowest BCUT2D eigenvalue weighted by Crippen LogP contribution is -2.50. The van der Waals surface area contributed by atoms with E-state index in [9.17, 15) is 19.8 Å². The first-order valence-electron chi connectivity index (χ1n) is 10.2. The lowest BCUT2D eigenvalue weighted by molar-refractivity contribution is -0.142. The Kier molecular flexibility index (Phi) is 5.04. The molecule has 1 heterocycles. The third-order valence-corrected chi connectivity index (χ3v) is 6.35. The summed E-state index contributed by atoms with van der Waals surface area (Å²) in [4.78, 5) is 28.4. The van der Waals surface area contributed by atoms with Gasteiger partial charge in [-0.15, -0.1) is 0 Å². The van der Waals surface area contributed by atoms with E-state index in [0.29, 0.717) is 23.1 Å². The number of aliphatic hydroxyl groups excluding tert-OH is 1. The van der Waals surface area contributed by atoms with Crippen molar-refractivity contribution in [2.45, 2.75) is 51.5 Å². The molecule has 0 aromatic heterocycles. The number of likely N-dealkylation sites (N-methyl/N-ethyl adjacent to an activating group) is 1. The van der Waals surface area contributed by atoms with Gasteiger partial charge in [-0.3, -0.25) is 9.59 Å². The van der Waals surface area contributed by atoms with Crippen LogP contribution in [-0.4, -0.2) is 59.0 Å². The molecule has 2 aliphatic rings. The maximum Gasteiger partial charge on any atom is 0.198 e. The average molecular weight is 409 g/mol. The van der Waals surface area contributed by atoms with Crippen molar-refractivity contribution in [1.82, 2.24) is 4.90 Å². The number of nitrogens with zero attached hydrogens (tertiary/aromatic N) is 1. The topological polar surface area (TPSA) is 87.1 Å². The van der Waals surface area contributed by atoms with E-state index in [0.717, 1.165) is 11.1 Å². The van der Waals surface area contributed by atoms with E-state index in [1.807, 2.05) is 38.9 Å². The molecule has 2 N–H and O–H groups in total. The molecule has 4 rings (SSSR count). The summed E-state index contributed by atoms with van der Waals surface area (Å²) in [6, 6.07) is 6.70. The summed E-state index contributed by atoms with van der Waals surface area (Å²) in [5, 5.41) is 21.5. The third kappa shape index (κ3) is 3.07. The van der Waals surface area contributed by atoms with Gasteiger partial charge in [0, 0.05) is 28.3 Å². The van der Waals surface area contributed by atoms with Gasteiger partial charge in [-0.1, -0.05) is 17.7 Å². The molecule has 0 saturated carbocycles. The molecule has 0 amide bonds. The Bertz CT molecular complexity index is 1060. The van der Waals surface area contributed by atoms with Crippen LogP contribution in [0.25, 0.3) is 0 Å². The van der Waals surface area contributed by atoms with Crippen LogP contribution in [0.1, 0.15) is 68.0 Å². The van der Waals surface area contributed by atoms with E-state index in [2.05, 4.69) is 0 Å². The standard InChI is InChI=1S/C24H27NO5/c1-11-8-12(2)19-16(9-11)24(29)20-15(23(19)28)7-6-14(22(20)27)18-10-17(25(4)5)21(26)13(3)30-18/h6-9,13,17-18,21,26-27H,10H2,1-5H3/t13-,17-,18-,21-/m1/s1. The average Bonchev–Trinajstić information content (AvgIpc) is 2.67. The number of ether oxygens (including phenoxy) is 1. The summed E-state index contributed by atoms with van der Waals surface area (Å²) in [7, 11) is 3.78. The first kappa shape index (κ1) is 20.7. The highest BCUT2D eigenvalue weighted by molar-refractivity contribution is 6.30. The van der Waals surface area contributed by atoms with Crippen molar-refractivity contribution >= 4 is 11.6 Å². The van der Waals surface area contributed by atoms with Crippen molar-refractivity contribution in [3.05, 3.63) is 63.2 Å². The van der Waals surface area contributed by atoms with Gasteiger partial charge in [0.25, 0.3) is 0 Å². The summed E-state index contributed by atoms with van der Waals surface area (Å²) < 4.78 is 5.97. The van der Waals surface area contributed by atoms with Crippen LogP contribution in [0.3, 0.4) is 0 Å². The molecule has 0 unspecified atom stereocenters. The van der Waals surface area contributed by atoms with Crippen LogP contribution in [0.2, 0.25) is 0 Å². The van der Waals surface area contributed by atoms with Gasteiger partial charge in [0.2, 0.25) is 0 Å². The van der Waals surface area contributed by atoms with Crippen molar-refractivity contribution in [1.29, 1.82) is 0 Å². The highest BCUT2D eigenvalue weighted by atomic mass is 16.5. The minimum Gasteiger partial charge on any atom is -0.507 e. The van der Waals surface area contributed by atoms with Crippen molar-refractivity contribution < 1.29 is 24.5 Å². The van der Waals surface area contributed by atoms with Crippen molar-refractivity contribution in [3.63, 3.8) is 0 Å². The summed E-state index contributed by atoms with van der Waals surface area (Å²) >= 11 is 0. The number of aliphatic hydroxyl groups is 1.